The molecule has 1 nitrogen and oxygen atoms in total. The molecule has 0 aromatic carbocycles. The van der Waals surface area contributed by atoms with Gasteiger partial charge >= 0.3 is 0 Å². The topological polar surface area (TPSA) is 23.8 Å². The van der Waals surface area contributed by atoms with Gasteiger partial charge in [-0.15, -0.1) is 0 Å². The first-order valence-corrected chi connectivity index (χ1v) is 5.70. The molecule has 0 aromatic rings. The highest BCUT2D eigenvalue weighted by Gasteiger charge is 2.32. The van der Waals surface area contributed by atoms with Gasteiger partial charge in [0.1, 0.15) is 0 Å². The van der Waals surface area contributed by atoms with Gasteiger partial charge in [-0.2, -0.15) is 5.26 Å². The summed E-state index contributed by atoms with van der Waals surface area (Å²) in [6.07, 6.45) is 6.70. The Bertz CT molecular complexity index is 269. The van der Waals surface area contributed by atoms with E-state index in [1.165, 1.54) is 24.0 Å². The Morgan fingerprint density at radius 2 is 2.07 bits per heavy atom. The van der Waals surface area contributed by atoms with Gasteiger partial charge in [-0.25, -0.2) is 0 Å². The second-order valence-electron chi connectivity index (χ2n) is 4.73. The van der Waals surface area contributed by atoms with Crippen LogP contribution < -0.4 is 0 Å². The molecule has 1 atom stereocenters. The number of allylic oxidation sites excluding steroid dienone is 2. The SMILES string of the molecule is CCCCC1(C#N)CCC(C)=C(C)C1. The molecule has 78 valence electrons. The lowest BCUT2D eigenvalue weighted by Gasteiger charge is -2.32. The van der Waals surface area contributed by atoms with Gasteiger partial charge in [0.05, 0.1) is 11.5 Å². The van der Waals surface area contributed by atoms with Crippen LogP contribution in [0.5, 0.6) is 0 Å². The summed E-state index contributed by atoms with van der Waals surface area (Å²) < 4.78 is 0. The fourth-order valence-corrected chi connectivity index (χ4v) is 2.27. The van der Waals surface area contributed by atoms with Crippen molar-refractivity contribution in [1.29, 1.82) is 5.26 Å². The molecule has 1 aliphatic rings. The number of nitriles is 1. The van der Waals surface area contributed by atoms with Crippen LogP contribution in [0.4, 0.5) is 0 Å². The molecule has 0 aliphatic heterocycles. The largest absolute Gasteiger partial charge is 0.198 e. The Morgan fingerprint density at radius 1 is 1.36 bits per heavy atom. The molecule has 0 bridgehead atoms. The Kier molecular flexibility index (Phi) is 3.75. The van der Waals surface area contributed by atoms with E-state index in [0.29, 0.717) is 0 Å². The fraction of sp³-hybridized carbons (Fsp3) is 0.769. The molecule has 0 amide bonds. The van der Waals surface area contributed by atoms with Crippen molar-refractivity contribution in [2.24, 2.45) is 5.41 Å². The summed E-state index contributed by atoms with van der Waals surface area (Å²) in [7, 11) is 0. The normalized spacial score (nSPS) is 27.6. The number of hydrogen-bond donors (Lipinski definition) is 0. The van der Waals surface area contributed by atoms with E-state index in [2.05, 4.69) is 26.8 Å². The zero-order valence-electron chi connectivity index (χ0n) is 9.69. The maximum absolute atomic E-state index is 9.30. The van der Waals surface area contributed by atoms with E-state index in [9.17, 15) is 5.26 Å². The lowest BCUT2D eigenvalue weighted by atomic mass is 9.70. The van der Waals surface area contributed by atoms with Crippen LogP contribution in [0.1, 0.15) is 59.3 Å². The van der Waals surface area contributed by atoms with Crippen molar-refractivity contribution >= 4 is 0 Å². The second kappa shape index (κ2) is 4.64. The molecule has 1 rings (SSSR count). The Labute approximate surface area is 87.8 Å². The van der Waals surface area contributed by atoms with Crippen molar-refractivity contribution in [1.82, 2.24) is 0 Å². The van der Waals surface area contributed by atoms with E-state index < -0.39 is 0 Å². The smallest absolute Gasteiger partial charge is 0.0693 e. The lowest BCUT2D eigenvalue weighted by molar-refractivity contribution is 0.305. The van der Waals surface area contributed by atoms with E-state index >= 15 is 0 Å². The third kappa shape index (κ3) is 2.38. The number of nitrogens with zero attached hydrogens (tertiary/aromatic N) is 1. The molecule has 0 saturated heterocycles. The molecule has 0 aromatic heterocycles. The van der Waals surface area contributed by atoms with E-state index in [0.717, 1.165) is 25.7 Å². The fourth-order valence-electron chi connectivity index (χ4n) is 2.27. The van der Waals surface area contributed by atoms with Gasteiger partial charge in [0, 0.05) is 0 Å². The minimum Gasteiger partial charge on any atom is -0.198 e. The van der Waals surface area contributed by atoms with Crippen molar-refractivity contribution in [2.75, 3.05) is 0 Å². The van der Waals surface area contributed by atoms with E-state index in [1.807, 2.05) is 0 Å². The summed E-state index contributed by atoms with van der Waals surface area (Å²) in [5, 5.41) is 9.30. The molecule has 14 heavy (non-hydrogen) atoms. The molecule has 1 aliphatic carbocycles. The van der Waals surface area contributed by atoms with Gasteiger partial charge in [-0.3, -0.25) is 0 Å². The molecule has 0 N–H and O–H groups in total. The molecule has 0 saturated carbocycles. The van der Waals surface area contributed by atoms with Gasteiger partial charge in [0.2, 0.25) is 0 Å². The molecule has 0 spiro atoms. The third-order valence-electron chi connectivity index (χ3n) is 3.56. The highest BCUT2D eigenvalue weighted by atomic mass is 14.4. The van der Waals surface area contributed by atoms with E-state index in [4.69, 9.17) is 0 Å². The Morgan fingerprint density at radius 3 is 2.57 bits per heavy atom. The first kappa shape index (κ1) is 11.3. The number of rotatable bonds is 3. The zero-order chi connectivity index (χ0) is 10.6. The third-order valence-corrected chi connectivity index (χ3v) is 3.56. The summed E-state index contributed by atoms with van der Waals surface area (Å²) in [5.41, 5.74) is 2.93. The molecule has 0 heterocycles. The zero-order valence-corrected chi connectivity index (χ0v) is 9.69. The molecular formula is C13H21N. The van der Waals surface area contributed by atoms with Crippen molar-refractivity contribution in [2.45, 2.75) is 59.3 Å². The van der Waals surface area contributed by atoms with Crippen LogP contribution in [0.2, 0.25) is 0 Å². The van der Waals surface area contributed by atoms with Gasteiger partial charge < -0.3 is 0 Å². The highest BCUT2D eigenvalue weighted by molar-refractivity contribution is 5.20. The predicted octanol–water partition coefficient (Wildman–Crippen LogP) is 4.21. The number of unbranched alkanes of at least 4 members (excludes halogenated alkanes) is 1. The summed E-state index contributed by atoms with van der Waals surface area (Å²) in [4.78, 5) is 0. The van der Waals surface area contributed by atoms with Crippen LogP contribution in [-0.2, 0) is 0 Å². The summed E-state index contributed by atoms with van der Waals surface area (Å²) in [6.45, 7) is 6.59. The van der Waals surface area contributed by atoms with Crippen LogP contribution in [-0.4, -0.2) is 0 Å². The van der Waals surface area contributed by atoms with E-state index in [1.54, 1.807) is 0 Å². The summed E-state index contributed by atoms with van der Waals surface area (Å²) in [6, 6.07) is 2.57. The van der Waals surface area contributed by atoms with Crippen LogP contribution >= 0.6 is 0 Å². The van der Waals surface area contributed by atoms with Crippen LogP contribution in [0.3, 0.4) is 0 Å². The molecular weight excluding hydrogens is 170 g/mol. The quantitative estimate of drug-likeness (QED) is 0.613. The van der Waals surface area contributed by atoms with Gasteiger partial charge in [-0.05, 0) is 39.5 Å². The van der Waals surface area contributed by atoms with Crippen molar-refractivity contribution < 1.29 is 0 Å². The Balaban J connectivity index is 2.70. The summed E-state index contributed by atoms with van der Waals surface area (Å²) in [5.74, 6) is 0. The minimum atomic E-state index is -0.0282. The van der Waals surface area contributed by atoms with Gasteiger partial charge in [0.25, 0.3) is 0 Å². The van der Waals surface area contributed by atoms with Crippen molar-refractivity contribution in [3.63, 3.8) is 0 Å². The average Bonchev–Trinajstić information content (AvgIpc) is 2.20. The molecule has 0 radical (unpaired) electrons. The second-order valence-corrected chi connectivity index (χ2v) is 4.73. The lowest BCUT2D eigenvalue weighted by Crippen LogP contribution is -2.23. The maximum atomic E-state index is 9.30. The van der Waals surface area contributed by atoms with Crippen molar-refractivity contribution in [3.05, 3.63) is 11.1 Å². The molecule has 1 heteroatoms. The van der Waals surface area contributed by atoms with Crippen molar-refractivity contribution in [3.8, 4) is 6.07 Å². The molecule has 1 unspecified atom stereocenters. The average molecular weight is 191 g/mol. The van der Waals surface area contributed by atoms with Crippen LogP contribution in [0, 0.1) is 16.7 Å². The maximum Gasteiger partial charge on any atom is 0.0693 e. The van der Waals surface area contributed by atoms with Crippen LogP contribution in [0.15, 0.2) is 11.1 Å². The monoisotopic (exact) mass is 191 g/mol. The van der Waals surface area contributed by atoms with Crippen LogP contribution in [0.25, 0.3) is 0 Å². The Hall–Kier alpha value is -0.770. The summed E-state index contributed by atoms with van der Waals surface area (Å²) >= 11 is 0. The number of hydrogen-bond acceptors (Lipinski definition) is 1. The van der Waals surface area contributed by atoms with Gasteiger partial charge in [-0.1, -0.05) is 30.9 Å². The first-order valence-electron chi connectivity index (χ1n) is 5.70. The first-order chi connectivity index (χ1) is 6.63. The standard InChI is InChI=1S/C13H21N/c1-4-5-7-13(10-14)8-6-11(2)12(3)9-13/h4-9H2,1-3H3. The van der Waals surface area contributed by atoms with Gasteiger partial charge in [0.15, 0.2) is 0 Å². The molecule has 0 fully saturated rings. The van der Waals surface area contributed by atoms with E-state index in [-0.39, 0.29) is 5.41 Å². The minimum absolute atomic E-state index is 0.0282. The highest BCUT2D eigenvalue weighted by Crippen LogP contribution is 2.42. The predicted molar refractivity (Wildman–Crippen MR) is 59.8 cm³/mol.